The van der Waals surface area contributed by atoms with Gasteiger partial charge in [0, 0.05) is 17.2 Å². The Hall–Kier alpha value is -1.27. The lowest BCUT2D eigenvalue weighted by Gasteiger charge is -2.28. The third-order valence-electron chi connectivity index (χ3n) is 2.94. The predicted molar refractivity (Wildman–Crippen MR) is 72.2 cm³/mol. The van der Waals surface area contributed by atoms with Gasteiger partial charge in [-0.25, -0.2) is 13.2 Å². The van der Waals surface area contributed by atoms with Crippen molar-refractivity contribution < 1.29 is 17.9 Å². The van der Waals surface area contributed by atoms with Crippen molar-refractivity contribution in [3.05, 3.63) is 23.8 Å². The van der Waals surface area contributed by atoms with Gasteiger partial charge in [0.2, 0.25) is 0 Å². The quantitative estimate of drug-likeness (QED) is 0.788. The molecular weight excluding hydrogens is 290 g/mol. The van der Waals surface area contributed by atoms with Crippen molar-refractivity contribution in [2.75, 3.05) is 18.1 Å². The van der Waals surface area contributed by atoms with E-state index in [9.17, 15) is 13.2 Å². The SMILES string of the molecule is CCOC(=O)N1CCCc2cc(S(=O)(=O)Cl)ccc21. The third kappa shape index (κ3) is 3.01. The highest BCUT2D eigenvalue weighted by atomic mass is 35.7. The van der Waals surface area contributed by atoms with Gasteiger partial charge in [0.25, 0.3) is 9.05 Å². The monoisotopic (exact) mass is 303 g/mol. The van der Waals surface area contributed by atoms with Gasteiger partial charge in [0.15, 0.2) is 0 Å². The maximum Gasteiger partial charge on any atom is 0.414 e. The summed E-state index contributed by atoms with van der Waals surface area (Å²) in [6.07, 6.45) is 1.06. The summed E-state index contributed by atoms with van der Waals surface area (Å²) in [5.41, 5.74) is 1.48. The Morgan fingerprint density at radius 2 is 2.21 bits per heavy atom. The summed E-state index contributed by atoms with van der Waals surface area (Å²) < 4.78 is 27.6. The first-order chi connectivity index (χ1) is 8.93. The molecule has 0 atom stereocenters. The van der Waals surface area contributed by atoms with Crippen LogP contribution in [0, 0.1) is 0 Å². The second-order valence-corrected chi connectivity index (χ2v) is 6.75. The van der Waals surface area contributed by atoms with Gasteiger partial charge in [-0.15, -0.1) is 0 Å². The third-order valence-corrected chi connectivity index (χ3v) is 4.29. The molecular formula is C12H14ClNO4S. The normalized spacial score (nSPS) is 14.9. The Morgan fingerprint density at radius 1 is 1.47 bits per heavy atom. The van der Waals surface area contributed by atoms with E-state index in [0.29, 0.717) is 25.3 Å². The van der Waals surface area contributed by atoms with Crippen LogP contribution in [-0.2, 0) is 20.2 Å². The molecule has 0 bridgehead atoms. The van der Waals surface area contributed by atoms with Gasteiger partial charge in [-0.1, -0.05) is 0 Å². The van der Waals surface area contributed by atoms with E-state index in [0.717, 1.165) is 12.0 Å². The van der Waals surface area contributed by atoms with Crippen molar-refractivity contribution in [1.82, 2.24) is 0 Å². The fourth-order valence-corrected chi connectivity index (χ4v) is 2.92. The van der Waals surface area contributed by atoms with Crippen LogP contribution >= 0.6 is 10.7 Å². The molecule has 5 nitrogen and oxygen atoms in total. The van der Waals surface area contributed by atoms with Crippen LogP contribution in [0.1, 0.15) is 18.9 Å². The Morgan fingerprint density at radius 3 is 2.84 bits per heavy atom. The molecule has 0 saturated heterocycles. The first-order valence-corrected chi connectivity index (χ1v) is 8.26. The molecule has 104 valence electrons. The molecule has 7 heteroatoms. The van der Waals surface area contributed by atoms with Gasteiger partial charge >= 0.3 is 6.09 Å². The van der Waals surface area contributed by atoms with Crippen LogP contribution in [-0.4, -0.2) is 27.7 Å². The van der Waals surface area contributed by atoms with Crippen LogP contribution in [0.4, 0.5) is 10.5 Å². The second-order valence-electron chi connectivity index (χ2n) is 4.18. The molecule has 0 N–H and O–H groups in total. The Balaban J connectivity index is 2.39. The molecule has 0 aliphatic carbocycles. The molecule has 1 amide bonds. The number of halogens is 1. The van der Waals surface area contributed by atoms with E-state index in [4.69, 9.17) is 15.4 Å². The summed E-state index contributed by atoms with van der Waals surface area (Å²) in [4.78, 5) is 13.4. The molecule has 1 aliphatic rings. The average Bonchev–Trinajstić information content (AvgIpc) is 2.36. The minimum Gasteiger partial charge on any atom is -0.449 e. The van der Waals surface area contributed by atoms with Crippen molar-refractivity contribution in [3.8, 4) is 0 Å². The van der Waals surface area contributed by atoms with Gasteiger partial charge in [0.1, 0.15) is 0 Å². The number of carbonyl (C=O) groups is 1. The van der Waals surface area contributed by atoms with Gasteiger partial charge in [-0.3, -0.25) is 4.90 Å². The number of benzene rings is 1. The maximum atomic E-state index is 11.8. The topological polar surface area (TPSA) is 63.7 Å². The number of ether oxygens (including phenoxy) is 1. The lowest BCUT2D eigenvalue weighted by Crippen LogP contribution is -2.36. The van der Waals surface area contributed by atoms with Crippen LogP contribution in [0.2, 0.25) is 0 Å². The lowest BCUT2D eigenvalue weighted by atomic mass is 10.0. The van der Waals surface area contributed by atoms with Crippen LogP contribution in [0.25, 0.3) is 0 Å². The fourth-order valence-electron chi connectivity index (χ4n) is 2.12. The van der Waals surface area contributed by atoms with E-state index in [1.54, 1.807) is 13.0 Å². The Kier molecular flexibility index (Phi) is 4.01. The number of amides is 1. The van der Waals surface area contributed by atoms with E-state index >= 15 is 0 Å². The average molecular weight is 304 g/mol. The zero-order chi connectivity index (χ0) is 14.0. The van der Waals surface area contributed by atoms with Crippen molar-refractivity contribution in [3.63, 3.8) is 0 Å². The molecule has 0 fully saturated rings. The maximum absolute atomic E-state index is 11.8. The molecule has 1 heterocycles. The molecule has 0 radical (unpaired) electrons. The van der Waals surface area contributed by atoms with Gasteiger partial charge in [-0.05, 0) is 43.5 Å². The van der Waals surface area contributed by atoms with E-state index < -0.39 is 15.1 Å². The van der Waals surface area contributed by atoms with Crippen molar-refractivity contribution in [2.45, 2.75) is 24.7 Å². The van der Waals surface area contributed by atoms with E-state index in [1.807, 2.05) is 0 Å². The highest BCUT2D eigenvalue weighted by Crippen LogP contribution is 2.30. The summed E-state index contributed by atoms with van der Waals surface area (Å²) in [7, 11) is 1.57. The van der Waals surface area contributed by atoms with Gasteiger partial charge in [0.05, 0.1) is 17.2 Å². The smallest absolute Gasteiger partial charge is 0.414 e. The summed E-state index contributed by atoms with van der Waals surface area (Å²) >= 11 is 0. The van der Waals surface area contributed by atoms with Crippen molar-refractivity contribution >= 4 is 31.5 Å². The number of nitrogens with zero attached hydrogens (tertiary/aromatic N) is 1. The van der Waals surface area contributed by atoms with E-state index in [2.05, 4.69) is 0 Å². The molecule has 0 aromatic heterocycles. The first kappa shape index (κ1) is 14.1. The molecule has 1 aromatic rings. The van der Waals surface area contributed by atoms with Crippen molar-refractivity contribution in [1.29, 1.82) is 0 Å². The molecule has 0 unspecified atom stereocenters. The highest BCUT2D eigenvalue weighted by molar-refractivity contribution is 8.13. The number of hydrogen-bond donors (Lipinski definition) is 0. The van der Waals surface area contributed by atoms with Crippen molar-refractivity contribution in [2.24, 2.45) is 0 Å². The number of carbonyl (C=O) groups excluding carboxylic acids is 1. The summed E-state index contributed by atoms with van der Waals surface area (Å²) in [6, 6.07) is 4.52. The molecule has 1 aromatic carbocycles. The lowest BCUT2D eigenvalue weighted by molar-refractivity contribution is 0.159. The highest BCUT2D eigenvalue weighted by Gasteiger charge is 2.24. The van der Waals surface area contributed by atoms with Crippen LogP contribution < -0.4 is 4.90 Å². The van der Waals surface area contributed by atoms with Crippen LogP contribution in [0.3, 0.4) is 0 Å². The summed E-state index contributed by atoms with van der Waals surface area (Å²) in [5, 5.41) is 0. The number of aryl methyl sites for hydroxylation is 1. The molecule has 1 aliphatic heterocycles. The summed E-state index contributed by atoms with van der Waals surface area (Å²) in [6.45, 7) is 2.61. The number of hydrogen-bond acceptors (Lipinski definition) is 4. The van der Waals surface area contributed by atoms with E-state index in [1.165, 1.54) is 17.0 Å². The Labute approximate surface area is 116 Å². The zero-order valence-electron chi connectivity index (χ0n) is 10.4. The zero-order valence-corrected chi connectivity index (χ0v) is 12.0. The second kappa shape index (κ2) is 5.38. The van der Waals surface area contributed by atoms with Crippen LogP contribution in [0.5, 0.6) is 0 Å². The number of rotatable bonds is 2. The Bertz CT molecular complexity index is 600. The van der Waals surface area contributed by atoms with Crippen LogP contribution in [0.15, 0.2) is 23.1 Å². The number of fused-ring (bicyclic) bond motifs is 1. The standard InChI is InChI=1S/C12H14ClNO4S/c1-2-18-12(15)14-7-3-4-9-8-10(19(13,16)17)5-6-11(9)14/h5-6,8H,2-4,7H2,1H3. The largest absolute Gasteiger partial charge is 0.449 e. The first-order valence-electron chi connectivity index (χ1n) is 5.95. The van der Waals surface area contributed by atoms with Gasteiger partial charge < -0.3 is 4.74 Å². The molecule has 19 heavy (non-hydrogen) atoms. The number of anilines is 1. The summed E-state index contributed by atoms with van der Waals surface area (Å²) in [5.74, 6) is 0. The molecule has 0 spiro atoms. The minimum atomic E-state index is -3.75. The molecule has 2 rings (SSSR count). The minimum absolute atomic E-state index is 0.0543. The fraction of sp³-hybridized carbons (Fsp3) is 0.417. The van der Waals surface area contributed by atoms with E-state index in [-0.39, 0.29) is 4.90 Å². The predicted octanol–water partition coefficient (Wildman–Crippen LogP) is 2.52. The van der Waals surface area contributed by atoms with Gasteiger partial charge in [-0.2, -0.15) is 0 Å². The molecule has 0 saturated carbocycles.